The average molecular weight is 240 g/mol. The summed E-state index contributed by atoms with van der Waals surface area (Å²) in [7, 11) is 0. The fourth-order valence-electron chi connectivity index (χ4n) is 2.15. The van der Waals surface area contributed by atoms with Crippen molar-refractivity contribution < 1.29 is 5.11 Å². The molecule has 1 fully saturated rings. The van der Waals surface area contributed by atoms with Crippen LogP contribution in [-0.2, 0) is 0 Å². The number of nitrogens with zero attached hydrogens (tertiary/aromatic N) is 1. The molecule has 0 aliphatic carbocycles. The quantitative estimate of drug-likeness (QED) is 0.858. The summed E-state index contributed by atoms with van der Waals surface area (Å²) in [6.45, 7) is 4.38. The van der Waals surface area contributed by atoms with Gasteiger partial charge >= 0.3 is 0 Å². The molecule has 1 aliphatic heterocycles. The van der Waals surface area contributed by atoms with E-state index < -0.39 is 0 Å². The molecule has 2 nitrogen and oxygen atoms in total. The van der Waals surface area contributed by atoms with Crippen LogP contribution in [0.1, 0.15) is 18.4 Å². The van der Waals surface area contributed by atoms with Crippen molar-refractivity contribution in [2.75, 3.05) is 24.6 Å². The van der Waals surface area contributed by atoms with Crippen LogP contribution in [0.15, 0.2) is 18.2 Å². The first-order valence-electron chi connectivity index (χ1n) is 5.82. The summed E-state index contributed by atoms with van der Waals surface area (Å²) in [5.41, 5.74) is 2.32. The first-order valence-corrected chi connectivity index (χ1v) is 6.20. The molecular weight excluding hydrogens is 222 g/mol. The zero-order valence-electron chi connectivity index (χ0n) is 9.62. The zero-order valence-corrected chi connectivity index (χ0v) is 10.4. The molecule has 1 aromatic carbocycles. The van der Waals surface area contributed by atoms with E-state index in [0.717, 1.165) is 36.5 Å². The second-order valence-electron chi connectivity index (χ2n) is 4.55. The highest BCUT2D eigenvalue weighted by Gasteiger charge is 2.18. The molecule has 0 bridgehead atoms. The predicted octanol–water partition coefficient (Wildman–Crippen LogP) is 2.86. The van der Waals surface area contributed by atoms with E-state index in [-0.39, 0.29) is 0 Å². The van der Waals surface area contributed by atoms with Gasteiger partial charge in [0.15, 0.2) is 0 Å². The summed E-state index contributed by atoms with van der Waals surface area (Å²) in [4.78, 5) is 2.34. The molecule has 0 spiro atoms. The number of aryl methyl sites for hydroxylation is 1. The molecule has 0 atom stereocenters. The fourth-order valence-corrected chi connectivity index (χ4v) is 2.33. The summed E-state index contributed by atoms with van der Waals surface area (Å²) >= 11 is 6.12. The van der Waals surface area contributed by atoms with Crippen LogP contribution in [-0.4, -0.2) is 24.8 Å². The highest BCUT2D eigenvalue weighted by Crippen LogP contribution is 2.26. The third-order valence-electron chi connectivity index (χ3n) is 3.39. The molecule has 0 saturated carbocycles. The molecule has 1 heterocycles. The second kappa shape index (κ2) is 5.07. The van der Waals surface area contributed by atoms with Gasteiger partial charge in [-0.3, -0.25) is 0 Å². The first kappa shape index (κ1) is 11.7. The predicted molar refractivity (Wildman–Crippen MR) is 68.2 cm³/mol. The first-order chi connectivity index (χ1) is 7.70. The van der Waals surface area contributed by atoms with Crippen molar-refractivity contribution in [3.8, 4) is 0 Å². The van der Waals surface area contributed by atoms with E-state index >= 15 is 0 Å². The number of anilines is 1. The average Bonchev–Trinajstić information content (AvgIpc) is 2.33. The van der Waals surface area contributed by atoms with Gasteiger partial charge in [-0.1, -0.05) is 17.7 Å². The van der Waals surface area contributed by atoms with Crippen LogP contribution in [0.3, 0.4) is 0 Å². The zero-order chi connectivity index (χ0) is 11.5. The second-order valence-corrected chi connectivity index (χ2v) is 4.95. The summed E-state index contributed by atoms with van der Waals surface area (Å²) < 4.78 is 0. The standard InChI is InChI=1S/C13H18ClNO/c1-10-2-3-12(8-13(10)14)15-6-4-11(9-16)5-7-15/h2-3,8,11,16H,4-7,9H2,1H3. The summed E-state index contributed by atoms with van der Waals surface area (Å²) in [5, 5.41) is 9.92. The molecule has 88 valence electrons. The Morgan fingerprint density at radius 1 is 1.38 bits per heavy atom. The Hall–Kier alpha value is -0.730. The summed E-state index contributed by atoms with van der Waals surface area (Å²) in [5.74, 6) is 0.483. The fraction of sp³-hybridized carbons (Fsp3) is 0.538. The van der Waals surface area contributed by atoms with Crippen LogP contribution >= 0.6 is 11.6 Å². The van der Waals surface area contributed by atoms with Crippen LogP contribution in [0, 0.1) is 12.8 Å². The van der Waals surface area contributed by atoms with Crippen LogP contribution in [0.2, 0.25) is 5.02 Å². The van der Waals surface area contributed by atoms with Crippen LogP contribution < -0.4 is 4.90 Å². The molecule has 0 amide bonds. The number of piperidine rings is 1. The van der Waals surface area contributed by atoms with Gasteiger partial charge in [0.1, 0.15) is 0 Å². The van der Waals surface area contributed by atoms with E-state index in [1.807, 2.05) is 13.0 Å². The van der Waals surface area contributed by atoms with Crippen LogP contribution in [0.5, 0.6) is 0 Å². The molecule has 3 heteroatoms. The van der Waals surface area contributed by atoms with E-state index in [1.165, 1.54) is 5.69 Å². The van der Waals surface area contributed by atoms with Crippen LogP contribution in [0.25, 0.3) is 0 Å². The van der Waals surface area contributed by atoms with Crippen LogP contribution in [0.4, 0.5) is 5.69 Å². The third kappa shape index (κ3) is 2.50. The van der Waals surface area contributed by atoms with E-state index in [1.54, 1.807) is 0 Å². The Morgan fingerprint density at radius 3 is 2.62 bits per heavy atom. The number of hydrogen-bond donors (Lipinski definition) is 1. The Kier molecular flexibility index (Phi) is 3.72. The maximum atomic E-state index is 9.09. The lowest BCUT2D eigenvalue weighted by Crippen LogP contribution is -2.34. The molecule has 0 aromatic heterocycles. The van der Waals surface area contributed by atoms with E-state index in [4.69, 9.17) is 16.7 Å². The van der Waals surface area contributed by atoms with Gasteiger partial charge < -0.3 is 10.0 Å². The largest absolute Gasteiger partial charge is 0.396 e. The lowest BCUT2D eigenvalue weighted by atomic mass is 9.97. The van der Waals surface area contributed by atoms with Crippen molar-refractivity contribution in [3.05, 3.63) is 28.8 Å². The molecule has 0 radical (unpaired) electrons. The smallest absolute Gasteiger partial charge is 0.0460 e. The minimum Gasteiger partial charge on any atom is -0.396 e. The maximum absolute atomic E-state index is 9.09. The maximum Gasteiger partial charge on any atom is 0.0460 e. The lowest BCUT2D eigenvalue weighted by molar-refractivity contribution is 0.203. The van der Waals surface area contributed by atoms with Gasteiger partial charge in [0, 0.05) is 30.4 Å². The molecule has 2 rings (SSSR count). The topological polar surface area (TPSA) is 23.5 Å². The van der Waals surface area contributed by atoms with Gasteiger partial charge in [-0.25, -0.2) is 0 Å². The SMILES string of the molecule is Cc1ccc(N2CCC(CO)CC2)cc1Cl. The number of halogens is 1. The van der Waals surface area contributed by atoms with Crippen molar-refractivity contribution in [2.45, 2.75) is 19.8 Å². The van der Waals surface area contributed by atoms with Gasteiger partial charge in [0.05, 0.1) is 0 Å². The summed E-state index contributed by atoms with van der Waals surface area (Å²) in [6, 6.07) is 6.23. The minimum atomic E-state index is 0.322. The number of aliphatic hydroxyl groups is 1. The summed E-state index contributed by atoms with van der Waals surface area (Å²) in [6.07, 6.45) is 2.14. The monoisotopic (exact) mass is 239 g/mol. The highest BCUT2D eigenvalue weighted by atomic mass is 35.5. The molecule has 1 aliphatic rings. The number of hydrogen-bond acceptors (Lipinski definition) is 2. The number of rotatable bonds is 2. The van der Waals surface area contributed by atoms with Gasteiger partial charge in [0.2, 0.25) is 0 Å². The van der Waals surface area contributed by atoms with E-state index in [0.29, 0.717) is 12.5 Å². The van der Waals surface area contributed by atoms with Gasteiger partial charge in [-0.05, 0) is 43.4 Å². The Morgan fingerprint density at radius 2 is 2.06 bits per heavy atom. The normalized spacial score (nSPS) is 17.8. The molecule has 1 saturated heterocycles. The van der Waals surface area contributed by atoms with Gasteiger partial charge in [-0.15, -0.1) is 0 Å². The van der Waals surface area contributed by atoms with E-state index in [9.17, 15) is 0 Å². The van der Waals surface area contributed by atoms with Gasteiger partial charge in [0.25, 0.3) is 0 Å². The molecular formula is C13H18ClNO. The Bertz CT molecular complexity index is 359. The Labute approximate surface area is 102 Å². The van der Waals surface area contributed by atoms with Crippen molar-refractivity contribution in [1.29, 1.82) is 0 Å². The highest BCUT2D eigenvalue weighted by molar-refractivity contribution is 6.31. The molecule has 1 N–H and O–H groups in total. The number of aliphatic hydroxyl groups excluding tert-OH is 1. The molecule has 0 unspecified atom stereocenters. The van der Waals surface area contributed by atoms with Gasteiger partial charge in [-0.2, -0.15) is 0 Å². The lowest BCUT2D eigenvalue weighted by Gasteiger charge is -2.33. The molecule has 1 aromatic rings. The van der Waals surface area contributed by atoms with Crippen molar-refractivity contribution in [2.24, 2.45) is 5.92 Å². The minimum absolute atomic E-state index is 0.322. The van der Waals surface area contributed by atoms with Crippen molar-refractivity contribution in [1.82, 2.24) is 0 Å². The van der Waals surface area contributed by atoms with Crippen molar-refractivity contribution >= 4 is 17.3 Å². The van der Waals surface area contributed by atoms with E-state index in [2.05, 4.69) is 17.0 Å². The number of benzene rings is 1. The van der Waals surface area contributed by atoms with Crippen molar-refractivity contribution in [3.63, 3.8) is 0 Å². The third-order valence-corrected chi connectivity index (χ3v) is 3.80. The Balaban J connectivity index is 2.05. The molecule has 16 heavy (non-hydrogen) atoms.